The first-order chi connectivity index (χ1) is 18.0. The maximum atomic E-state index is 13.6. The molecule has 1 aliphatic rings. The molecule has 0 fully saturated rings. The Morgan fingerprint density at radius 2 is 1.59 bits per heavy atom. The summed E-state index contributed by atoms with van der Waals surface area (Å²) in [4.78, 5) is 52.1. The van der Waals surface area contributed by atoms with Gasteiger partial charge in [0, 0.05) is 37.2 Å². The van der Waals surface area contributed by atoms with Crippen LogP contribution in [0.5, 0.6) is 0 Å². The van der Waals surface area contributed by atoms with E-state index < -0.39 is 47.5 Å². The molecule has 0 spiro atoms. The smallest absolute Gasteiger partial charge is 0.419 e. The predicted octanol–water partition coefficient (Wildman–Crippen LogP) is 5.80. The van der Waals surface area contributed by atoms with Crippen molar-refractivity contribution >= 4 is 46.6 Å². The number of nitrogens with zero attached hydrogens (tertiary/aromatic N) is 2. The average molecular weight is 565 g/mol. The van der Waals surface area contributed by atoms with Crippen LogP contribution in [0, 0.1) is 0 Å². The summed E-state index contributed by atoms with van der Waals surface area (Å²) in [5.74, 6) is -1.12. The van der Waals surface area contributed by atoms with Gasteiger partial charge in [-0.1, -0.05) is 11.6 Å². The third-order valence-corrected chi connectivity index (χ3v) is 6.10. The first kappa shape index (κ1) is 30.3. The lowest BCUT2D eigenvalue weighted by Crippen LogP contribution is -2.46. The maximum Gasteiger partial charge on any atom is 0.419 e. The fraction of sp³-hybridized carbons (Fsp3) is 0.571. The molecule has 2 atom stereocenters. The number of ether oxygens (including phenoxy) is 4. The van der Waals surface area contributed by atoms with Crippen LogP contribution in [0.3, 0.4) is 0 Å². The van der Waals surface area contributed by atoms with Crippen LogP contribution < -0.4 is 0 Å². The number of amides is 1. The van der Waals surface area contributed by atoms with E-state index in [4.69, 9.17) is 30.5 Å². The third kappa shape index (κ3) is 7.65. The minimum absolute atomic E-state index is 0.0337. The standard InChI is InChI=1S/C28H37ClN2O8/c1-16(32)36-15-19(37-17(2)33)14-23-24-20(11-12-30(23)25(34)38-27(3,4)5)21-13-18(29)9-10-22(21)31(24)26(35)39-28(6,7)8/h9-10,13,19,23H,11-12,14-15H2,1-8H3. The second-order valence-electron chi connectivity index (χ2n) is 11.6. The van der Waals surface area contributed by atoms with Gasteiger partial charge < -0.3 is 18.9 Å². The zero-order valence-electron chi connectivity index (χ0n) is 23.8. The Balaban J connectivity index is 2.23. The topological polar surface area (TPSA) is 113 Å². The molecule has 1 aliphatic heterocycles. The number of rotatable bonds is 5. The normalized spacial score (nSPS) is 16.3. The molecule has 0 saturated heterocycles. The number of halogens is 1. The fourth-order valence-corrected chi connectivity index (χ4v) is 4.79. The molecular weight excluding hydrogens is 528 g/mol. The van der Waals surface area contributed by atoms with Gasteiger partial charge in [0.1, 0.15) is 23.9 Å². The van der Waals surface area contributed by atoms with Gasteiger partial charge in [-0.25, -0.2) is 14.2 Å². The van der Waals surface area contributed by atoms with Gasteiger partial charge in [0.2, 0.25) is 0 Å². The van der Waals surface area contributed by atoms with Crippen molar-refractivity contribution in [1.29, 1.82) is 0 Å². The molecule has 11 heteroatoms. The molecule has 0 aliphatic carbocycles. The Bertz CT molecular complexity index is 1270. The van der Waals surface area contributed by atoms with E-state index in [9.17, 15) is 19.2 Å². The van der Waals surface area contributed by atoms with Crippen molar-refractivity contribution in [3.05, 3.63) is 34.5 Å². The van der Waals surface area contributed by atoms with E-state index in [0.29, 0.717) is 22.7 Å². The van der Waals surface area contributed by atoms with Crippen LogP contribution in [0.25, 0.3) is 10.9 Å². The van der Waals surface area contributed by atoms with Gasteiger partial charge in [-0.3, -0.25) is 14.5 Å². The van der Waals surface area contributed by atoms with Crippen LogP contribution >= 0.6 is 11.6 Å². The maximum absolute atomic E-state index is 13.6. The third-order valence-electron chi connectivity index (χ3n) is 5.86. The SMILES string of the molecule is CC(=O)OCC(CC1c2c(c3cc(Cl)ccc3n2C(=O)OC(C)(C)C)CCN1C(=O)OC(C)(C)C)OC(C)=O. The van der Waals surface area contributed by atoms with E-state index in [1.54, 1.807) is 59.7 Å². The number of fused-ring (bicyclic) bond motifs is 3. The van der Waals surface area contributed by atoms with Gasteiger partial charge in [0.05, 0.1) is 17.3 Å². The highest BCUT2D eigenvalue weighted by Gasteiger charge is 2.41. The van der Waals surface area contributed by atoms with Crippen LogP contribution in [0.1, 0.15) is 79.1 Å². The number of carbonyl (C=O) groups excluding carboxylic acids is 4. The molecule has 39 heavy (non-hydrogen) atoms. The Hall–Kier alpha value is -3.27. The highest BCUT2D eigenvalue weighted by Crippen LogP contribution is 2.41. The zero-order valence-corrected chi connectivity index (χ0v) is 24.5. The fourth-order valence-electron chi connectivity index (χ4n) is 4.62. The quantitative estimate of drug-likeness (QED) is 0.331. The summed E-state index contributed by atoms with van der Waals surface area (Å²) in [6, 6.07) is 4.40. The highest BCUT2D eigenvalue weighted by atomic mass is 35.5. The van der Waals surface area contributed by atoms with E-state index in [-0.39, 0.29) is 19.6 Å². The lowest BCUT2D eigenvalue weighted by Gasteiger charge is -2.39. The second-order valence-corrected chi connectivity index (χ2v) is 12.0. The molecule has 10 nitrogen and oxygen atoms in total. The molecule has 1 aromatic carbocycles. The average Bonchev–Trinajstić information content (AvgIpc) is 3.09. The summed E-state index contributed by atoms with van der Waals surface area (Å²) in [7, 11) is 0. The highest BCUT2D eigenvalue weighted by molar-refractivity contribution is 6.31. The van der Waals surface area contributed by atoms with Gasteiger partial charge in [0.25, 0.3) is 0 Å². The second kappa shape index (κ2) is 11.5. The van der Waals surface area contributed by atoms with E-state index in [1.165, 1.54) is 23.3 Å². The minimum Gasteiger partial charge on any atom is -0.462 e. The molecule has 2 heterocycles. The number of benzene rings is 1. The van der Waals surface area contributed by atoms with Gasteiger partial charge in [-0.2, -0.15) is 0 Å². The molecule has 0 radical (unpaired) electrons. The van der Waals surface area contributed by atoms with E-state index >= 15 is 0 Å². The molecule has 0 saturated carbocycles. The van der Waals surface area contributed by atoms with E-state index in [2.05, 4.69) is 0 Å². The van der Waals surface area contributed by atoms with Crippen molar-refractivity contribution < 1.29 is 38.1 Å². The van der Waals surface area contributed by atoms with Crippen LogP contribution in [-0.4, -0.2) is 64.0 Å². The molecule has 0 bridgehead atoms. The minimum atomic E-state index is -0.902. The number of carbonyl (C=O) groups is 4. The zero-order chi connectivity index (χ0) is 29.3. The number of esters is 2. The van der Waals surface area contributed by atoms with Crippen molar-refractivity contribution in [3.63, 3.8) is 0 Å². The summed E-state index contributed by atoms with van der Waals surface area (Å²) >= 11 is 6.34. The van der Waals surface area contributed by atoms with E-state index in [0.717, 1.165) is 10.9 Å². The summed E-state index contributed by atoms with van der Waals surface area (Å²) < 4.78 is 23.6. The van der Waals surface area contributed by atoms with Gasteiger partial charge >= 0.3 is 24.1 Å². The van der Waals surface area contributed by atoms with Crippen LogP contribution in [0.4, 0.5) is 9.59 Å². The molecule has 1 amide bonds. The van der Waals surface area contributed by atoms with E-state index in [1.807, 2.05) is 0 Å². The molecular formula is C28H37ClN2O8. The molecule has 214 valence electrons. The Kier molecular flexibility index (Phi) is 8.89. The van der Waals surface area contributed by atoms with Gasteiger partial charge in [-0.15, -0.1) is 0 Å². The number of hydrogen-bond donors (Lipinski definition) is 0. The molecule has 2 unspecified atom stereocenters. The van der Waals surface area contributed by atoms with Crippen LogP contribution in [0.15, 0.2) is 18.2 Å². The first-order valence-corrected chi connectivity index (χ1v) is 13.2. The van der Waals surface area contributed by atoms with Crippen LogP contribution in [0.2, 0.25) is 5.02 Å². The monoisotopic (exact) mass is 564 g/mol. The lowest BCUT2D eigenvalue weighted by atomic mass is 9.93. The number of aromatic nitrogens is 1. The summed E-state index contributed by atoms with van der Waals surface area (Å²) in [5.41, 5.74) is 0.312. The Labute approximate surface area is 233 Å². The lowest BCUT2D eigenvalue weighted by molar-refractivity contribution is -0.157. The molecule has 0 N–H and O–H groups in total. The Morgan fingerprint density at radius 1 is 0.974 bits per heavy atom. The van der Waals surface area contributed by atoms with Gasteiger partial charge in [0.15, 0.2) is 0 Å². The molecule has 2 aromatic rings. The van der Waals surface area contributed by atoms with Gasteiger partial charge in [-0.05, 0) is 71.7 Å². The van der Waals surface area contributed by atoms with Crippen molar-refractivity contribution in [1.82, 2.24) is 9.47 Å². The predicted molar refractivity (Wildman–Crippen MR) is 145 cm³/mol. The number of hydrogen-bond acceptors (Lipinski definition) is 8. The summed E-state index contributed by atoms with van der Waals surface area (Å²) in [6.45, 7) is 13.1. The molecule has 3 rings (SSSR count). The first-order valence-electron chi connectivity index (χ1n) is 12.8. The molecule has 1 aromatic heterocycles. The van der Waals surface area contributed by atoms with Crippen molar-refractivity contribution in [2.75, 3.05) is 13.2 Å². The largest absolute Gasteiger partial charge is 0.462 e. The Morgan fingerprint density at radius 3 is 2.15 bits per heavy atom. The van der Waals surface area contributed by atoms with Crippen LogP contribution in [-0.2, 0) is 35.0 Å². The summed E-state index contributed by atoms with van der Waals surface area (Å²) in [5, 5.41) is 1.24. The summed E-state index contributed by atoms with van der Waals surface area (Å²) in [6.07, 6.45) is -1.67. The van der Waals surface area contributed by atoms with Crippen molar-refractivity contribution in [2.24, 2.45) is 0 Å². The van der Waals surface area contributed by atoms with Crippen molar-refractivity contribution in [3.8, 4) is 0 Å². The van der Waals surface area contributed by atoms with Crippen molar-refractivity contribution in [2.45, 2.75) is 91.6 Å².